The average molecular weight is 198 g/mol. The van der Waals surface area contributed by atoms with Gasteiger partial charge in [-0.25, -0.2) is 4.98 Å². The van der Waals surface area contributed by atoms with Crippen molar-refractivity contribution in [3.63, 3.8) is 0 Å². The molecule has 14 heavy (non-hydrogen) atoms. The summed E-state index contributed by atoms with van der Waals surface area (Å²) in [7, 11) is 0. The van der Waals surface area contributed by atoms with Gasteiger partial charge in [0.2, 0.25) is 5.82 Å². The molecule has 1 fully saturated rings. The van der Waals surface area contributed by atoms with Crippen LogP contribution in [-0.2, 0) is 4.74 Å². The maximum Gasteiger partial charge on any atom is 0.288 e. The Balaban J connectivity index is 1.95. The molecule has 1 aromatic heterocycles. The van der Waals surface area contributed by atoms with Gasteiger partial charge in [-0.05, 0) is 0 Å². The number of nitrogens with zero attached hydrogens (tertiary/aromatic N) is 2. The first-order valence-electron chi connectivity index (χ1n) is 4.19. The molecule has 3 N–H and O–H groups in total. The molecule has 2 heterocycles. The zero-order chi connectivity index (χ0) is 9.97. The highest BCUT2D eigenvalue weighted by molar-refractivity contribution is 5.90. The van der Waals surface area contributed by atoms with Crippen LogP contribution in [0.25, 0.3) is 0 Å². The molecule has 0 aliphatic carbocycles. The van der Waals surface area contributed by atoms with Gasteiger partial charge in [0, 0.05) is 0 Å². The molecule has 0 unspecified atom stereocenters. The Hall–Kier alpha value is -1.47. The van der Waals surface area contributed by atoms with Crippen LogP contribution in [-0.4, -0.2) is 51.6 Å². The lowest BCUT2D eigenvalue weighted by atomic mass is 10.2. The summed E-state index contributed by atoms with van der Waals surface area (Å²) in [6.45, 7) is 0.572. The third-order valence-electron chi connectivity index (χ3n) is 2.00. The summed E-state index contributed by atoms with van der Waals surface area (Å²) < 4.78 is 4.98. The van der Waals surface area contributed by atoms with Crippen molar-refractivity contribution >= 4 is 5.91 Å². The number of aromatic nitrogens is 3. The Morgan fingerprint density at radius 2 is 2.57 bits per heavy atom. The average Bonchev–Trinajstić information content (AvgIpc) is 2.77. The molecule has 76 valence electrons. The number of aliphatic hydroxyl groups is 1. The van der Waals surface area contributed by atoms with Gasteiger partial charge >= 0.3 is 0 Å². The first-order valence-corrected chi connectivity index (χ1v) is 4.19. The van der Waals surface area contributed by atoms with Gasteiger partial charge in [0.15, 0.2) is 0 Å². The lowest BCUT2D eigenvalue weighted by Gasteiger charge is -2.12. The number of amides is 1. The minimum atomic E-state index is -0.651. The van der Waals surface area contributed by atoms with Gasteiger partial charge in [0.05, 0.1) is 25.4 Å². The lowest BCUT2D eigenvalue weighted by Crippen LogP contribution is -2.42. The van der Waals surface area contributed by atoms with Crippen LogP contribution in [0.5, 0.6) is 0 Å². The molecule has 1 saturated heterocycles. The highest BCUT2D eigenvalue weighted by Crippen LogP contribution is 2.05. The molecular formula is C7H10N4O3. The molecule has 1 aliphatic heterocycles. The molecule has 2 rings (SSSR count). The van der Waals surface area contributed by atoms with Crippen molar-refractivity contribution in [2.24, 2.45) is 0 Å². The SMILES string of the molecule is O=C(N[C@@H]1COC[C@H]1O)c1ncn[nH]1. The summed E-state index contributed by atoms with van der Waals surface area (Å²) in [6, 6.07) is -0.368. The Kier molecular flexibility index (Phi) is 2.42. The van der Waals surface area contributed by atoms with Crippen LogP contribution >= 0.6 is 0 Å². The summed E-state index contributed by atoms with van der Waals surface area (Å²) in [6.07, 6.45) is 0.595. The maximum atomic E-state index is 11.4. The highest BCUT2D eigenvalue weighted by Gasteiger charge is 2.28. The third kappa shape index (κ3) is 1.73. The molecule has 0 spiro atoms. The monoisotopic (exact) mass is 198 g/mol. The van der Waals surface area contributed by atoms with Crippen LogP contribution in [0.1, 0.15) is 10.6 Å². The number of aromatic amines is 1. The second-order valence-corrected chi connectivity index (χ2v) is 3.02. The van der Waals surface area contributed by atoms with Gasteiger partial charge in [-0.2, -0.15) is 5.10 Å². The van der Waals surface area contributed by atoms with E-state index in [4.69, 9.17) is 4.74 Å². The number of carbonyl (C=O) groups is 1. The normalized spacial score (nSPS) is 26.4. The molecule has 0 aromatic carbocycles. The standard InChI is InChI=1S/C7H10N4O3/c12-5-2-14-1-4(5)10-7(13)6-8-3-9-11-6/h3-5,12H,1-2H2,(H,10,13)(H,8,9,11)/t4-,5-/m1/s1. The summed E-state index contributed by atoms with van der Waals surface area (Å²) in [5, 5.41) is 17.9. The van der Waals surface area contributed by atoms with Gasteiger partial charge in [0.1, 0.15) is 6.33 Å². The van der Waals surface area contributed by atoms with E-state index < -0.39 is 12.0 Å². The molecular weight excluding hydrogens is 188 g/mol. The maximum absolute atomic E-state index is 11.4. The van der Waals surface area contributed by atoms with E-state index in [0.717, 1.165) is 0 Å². The Labute approximate surface area is 79.5 Å². The fourth-order valence-corrected chi connectivity index (χ4v) is 1.23. The highest BCUT2D eigenvalue weighted by atomic mass is 16.5. The van der Waals surface area contributed by atoms with E-state index in [0.29, 0.717) is 6.61 Å². The molecule has 0 radical (unpaired) electrons. The van der Waals surface area contributed by atoms with Crippen LogP contribution in [0.15, 0.2) is 6.33 Å². The van der Waals surface area contributed by atoms with Crippen LogP contribution in [0.2, 0.25) is 0 Å². The van der Waals surface area contributed by atoms with Crippen LogP contribution in [0.4, 0.5) is 0 Å². The fourth-order valence-electron chi connectivity index (χ4n) is 1.23. The van der Waals surface area contributed by atoms with Gasteiger partial charge in [0.25, 0.3) is 5.91 Å². The topological polar surface area (TPSA) is 100 Å². The molecule has 7 heteroatoms. The van der Waals surface area contributed by atoms with Crippen molar-refractivity contribution in [3.05, 3.63) is 12.2 Å². The molecule has 2 atom stereocenters. The summed E-state index contributed by atoms with van der Waals surface area (Å²) >= 11 is 0. The second kappa shape index (κ2) is 3.72. The Bertz CT molecular complexity index is 313. The second-order valence-electron chi connectivity index (χ2n) is 3.02. The van der Waals surface area contributed by atoms with Gasteiger partial charge < -0.3 is 15.2 Å². The van der Waals surface area contributed by atoms with Crippen molar-refractivity contribution < 1.29 is 14.6 Å². The van der Waals surface area contributed by atoms with Crippen LogP contribution < -0.4 is 5.32 Å². The van der Waals surface area contributed by atoms with Crippen molar-refractivity contribution in [2.75, 3.05) is 13.2 Å². The fraction of sp³-hybridized carbons (Fsp3) is 0.571. The number of carbonyl (C=O) groups excluding carboxylic acids is 1. The summed E-state index contributed by atoms with van der Waals surface area (Å²) in [4.78, 5) is 15.1. The van der Waals surface area contributed by atoms with Crippen LogP contribution in [0, 0.1) is 0 Å². The quantitative estimate of drug-likeness (QED) is 0.525. The van der Waals surface area contributed by atoms with Crippen LogP contribution in [0.3, 0.4) is 0 Å². The minimum absolute atomic E-state index is 0.129. The first-order chi connectivity index (χ1) is 6.77. The summed E-state index contributed by atoms with van der Waals surface area (Å²) in [5.41, 5.74) is 0. The van der Waals surface area contributed by atoms with Crippen molar-refractivity contribution in [3.8, 4) is 0 Å². The number of H-pyrrole nitrogens is 1. The predicted molar refractivity (Wildman–Crippen MR) is 44.5 cm³/mol. The van der Waals surface area contributed by atoms with E-state index in [2.05, 4.69) is 20.5 Å². The molecule has 1 aliphatic rings. The number of ether oxygens (including phenoxy) is 1. The number of hydrogen-bond acceptors (Lipinski definition) is 5. The molecule has 0 saturated carbocycles. The Morgan fingerprint density at radius 3 is 3.14 bits per heavy atom. The van der Waals surface area contributed by atoms with Crippen molar-refractivity contribution in [1.82, 2.24) is 20.5 Å². The smallest absolute Gasteiger partial charge is 0.288 e. The molecule has 7 nitrogen and oxygen atoms in total. The lowest BCUT2D eigenvalue weighted by molar-refractivity contribution is 0.0876. The van der Waals surface area contributed by atoms with E-state index >= 15 is 0 Å². The van der Waals surface area contributed by atoms with Crippen molar-refractivity contribution in [1.29, 1.82) is 0 Å². The number of aliphatic hydroxyl groups excluding tert-OH is 1. The van der Waals surface area contributed by atoms with Gasteiger partial charge in [-0.15, -0.1) is 0 Å². The molecule has 1 aromatic rings. The van der Waals surface area contributed by atoms with Gasteiger partial charge in [-0.3, -0.25) is 9.89 Å². The number of hydrogen-bond donors (Lipinski definition) is 3. The van der Waals surface area contributed by atoms with E-state index in [1.807, 2.05) is 0 Å². The number of rotatable bonds is 2. The molecule has 1 amide bonds. The van der Waals surface area contributed by atoms with E-state index in [9.17, 15) is 9.90 Å². The first kappa shape index (κ1) is 9.10. The summed E-state index contributed by atoms with van der Waals surface area (Å²) in [5.74, 6) is -0.263. The van der Waals surface area contributed by atoms with Crippen molar-refractivity contribution in [2.45, 2.75) is 12.1 Å². The molecule has 0 bridgehead atoms. The van der Waals surface area contributed by atoms with E-state index in [1.165, 1.54) is 6.33 Å². The predicted octanol–water partition coefficient (Wildman–Crippen LogP) is -1.71. The minimum Gasteiger partial charge on any atom is -0.388 e. The zero-order valence-electron chi connectivity index (χ0n) is 7.30. The number of nitrogens with one attached hydrogen (secondary N) is 2. The Morgan fingerprint density at radius 1 is 1.71 bits per heavy atom. The zero-order valence-corrected chi connectivity index (χ0v) is 7.30. The van der Waals surface area contributed by atoms with E-state index in [-0.39, 0.29) is 18.5 Å². The largest absolute Gasteiger partial charge is 0.388 e. The van der Waals surface area contributed by atoms with E-state index in [1.54, 1.807) is 0 Å². The third-order valence-corrected chi connectivity index (χ3v) is 2.00. The van der Waals surface area contributed by atoms with Gasteiger partial charge in [-0.1, -0.05) is 0 Å².